The Kier molecular flexibility index (Phi) is 4.88. The highest BCUT2D eigenvalue weighted by Crippen LogP contribution is 2.18. The van der Waals surface area contributed by atoms with E-state index in [4.69, 9.17) is 10.8 Å². The molecule has 4 nitrogen and oxygen atoms in total. The van der Waals surface area contributed by atoms with Gasteiger partial charge >= 0.3 is 0 Å². The molecule has 0 amide bonds. The highest BCUT2D eigenvalue weighted by atomic mass is 19.1. The standard InChI is InChI=1S/C11H16FN3O/c1-2-5-15(6-7-16)11-10(12)9(8-13)3-4-14-11/h2-4,16H,1,5-8,13H2. The van der Waals surface area contributed by atoms with Gasteiger partial charge < -0.3 is 15.7 Å². The number of hydrogen-bond acceptors (Lipinski definition) is 4. The van der Waals surface area contributed by atoms with Gasteiger partial charge in [0.15, 0.2) is 11.6 Å². The van der Waals surface area contributed by atoms with Gasteiger partial charge in [0.25, 0.3) is 0 Å². The van der Waals surface area contributed by atoms with E-state index in [2.05, 4.69) is 11.6 Å². The molecule has 0 fully saturated rings. The third-order valence-electron chi connectivity index (χ3n) is 2.19. The number of anilines is 1. The van der Waals surface area contributed by atoms with Crippen molar-refractivity contribution in [1.82, 2.24) is 4.98 Å². The summed E-state index contributed by atoms with van der Waals surface area (Å²) in [5.41, 5.74) is 5.83. The molecule has 0 aromatic carbocycles. The highest BCUT2D eigenvalue weighted by molar-refractivity contribution is 5.43. The molecule has 0 unspecified atom stereocenters. The quantitative estimate of drug-likeness (QED) is 0.698. The topological polar surface area (TPSA) is 62.4 Å². The third-order valence-corrected chi connectivity index (χ3v) is 2.19. The molecular formula is C11H16FN3O. The monoisotopic (exact) mass is 225 g/mol. The van der Waals surface area contributed by atoms with Crippen LogP contribution in [0, 0.1) is 5.82 Å². The molecule has 0 saturated carbocycles. The molecule has 1 aromatic heterocycles. The second-order valence-electron chi connectivity index (χ2n) is 3.27. The fraction of sp³-hybridized carbons (Fsp3) is 0.364. The number of aliphatic hydroxyl groups is 1. The molecule has 5 heteroatoms. The number of nitrogens with zero attached hydrogens (tertiary/aromatic N) is 2. The molecule has 1 heterocycles. The minimum absolute atomic E-state index is 0.0676. The van der Waals surface area contributed by atoms with E-state index in [0.717, 1.165) is 0 Å². The Morgan fingerprint density at radius 1 is 1.62 bits per heavy atom. The summed E-state index contributed by atoms with van der Waals surface area (Å²) in [6, 6.07) is 1.55. The Morgan fingerprint density at radius 3 is 2.94 bits per heavy atom. The Hall–Kier alpha value is -1.46. The predicted octanol–water partition coefficient (Wildman–Crippen LogP) is 0.664. The summed E-state index contributed by atoms with van der Waals surface area (Å²) in [5, 5.41) is 8.89. The zero-order valence-electron chi connectivity index (χ0n) is 9.06. The summed E-state index contributed by atoms with van der Waals surface area (Å²) in [6.07, 6.45) is 3.14. The van der Waals surface area contributed by atoms with E-state index >= 15 is 0 Å². The van der Waals surface area contributed by atoms with Crippen LogP contribution in [0.25, 0.3) is 0 Å². The summed E-state index contributed by atoms with van der Waals surface area (Å²) < 4.78 is 13.9. The van der Waals surface area contributed by atoms with Gasteiger partial charge in [0.2, 0.25) is 0 Å². The van der Waals surface area contributed by atoms with E-state index in [1.807, 2.05) is 0 Å². The van der Waals surface area contributed by atoms with Crippen molar-refractivity contribution < 1.29 is 9.50 Å². The molecule has 0 saturated heterocycles. The maximum absolute atomic E-state index is 13.9. The van der Waals surface area contributed by atoms with Gasteiger partial charge in [-0.1, -0.05) is 6.08 Å². The molecule has 1 rings (SSSR count). The summed E-state index contributed by atoms with van der Waals surface area (Å²) in [7, 11) is 0. The number of nitrogens with two attached hydrogens (primary N) is 1. The van der Waals surface area contributed by atoms with Crippen LogP contribution in [-0.4, -0.2) is 29.8 Å². The first kappa shape index (κ1) is 12.6. The Bertz CT molecular complexity index is 357. The maximum Gasteiger partial charge on any atom is 0.170 e. The first-order chi connectivity index (χ1) is 7.74. The van der Waals surface area contributed by atoms with Crippen LogP contribution in [0.3, 0.4) is 0 Å². The van der Waals surface area contributed by atoms with E-state index in [-0.39, 0.29) is 19.0 Å². The summed E-state index contributed by atoms with van der Waals surface area (Å²) >= 11 is 0. The Labute approximate surface area is 94.2 Å². The Balaban J connectivity index is 3.02. The molecule has 0 spiro atoms. The van der Waals surface area contributed by atoms with Crippen LogP contribution < -0.4 is 10.6 Å². The van der Waals surface area contributed by atoms with Gasteiger partial charge in [0, 0.05) is 31.4 Å². The number of rotatable bonds is 6. The smallest absolute Gasteiger partial charge is 0.170 e. The molecule has 0 atom stereocenters. The zero-order valence-corrected chi connectivity index (χ0v) is 9.06. The average molecular weight is 225 g/mol. The van der Waals surface area contributed by atoms with Crippen LogP contribution in [0.4, 0.5) is 10.2 Å². The maximum atomic E-state index is 13.9. The lowest BCUT2D eigenvalue weighted by atomic mass is 10.2. The van der Waals surface area contributed by atoms with Gasteiger partial charge in [-0.3, -0.25) is 0 Å². The highest BCUT2D eigenvalue weighted by Gasteiger charge is 2.14. The first-order valence-electron chi connectivity index (χ1n) is 5.04. The van der Waals surface area contributed by atoms with Gasteiger partial charge in [-0.15, -0.1) is 6.58 Å². The van der Waals surface area contributed by atoms with Crippen molar-refractivity contribution >= 4 is 5.82 Å². The number of aromatic nitrogens is 1. The summed E-state index contributed by atoms with van der Waals surface area (Å²) in [4.78, 5) is 5.57. The van der Waals surface area contributed by atoms with Crippen LogP contribution in [0.2, 0.25) is 0 Å². The molecule has 0 bridgehead atoms. The van der Waals surface area contributed by atoms with Gasteiger partial charge in [-0.05, 0) is 6.07 Å². The third kappa shape index (κ3) is 2.77. The van der Waals surface area contributed by atoms with E-state index < -0.39 is 5.82 Å². The lowest BCUT2D eigenvalue weighted by Crippen LogP contribution is -2.29. The molecule has 0 aliphatic heterocycles. The van der Waals surface area contributed by atoms with Crippen LogP contribution in [0.15, 0.2) is 24.9 Å². The second kappa shape index (κ2) is 6.19. The van der Waals surface area contributed by atoms with Gasteiger partial charge in [0.1, 0.15) is 0 Å². The van der Waals surface area contributed by atoms with Crippen LogP contribution in [0.5, 0.6) is 0 Å². The van der Waals surface area contributed by atoms with Crippen molar-refractivity contribution in [2.75, 3.05) is 24.6 Å². The predicted molar refractivity (Wildman–Crippen MR) is 61.6 cm³/mol. The summed E-state index contributed by atoms with van der Waals surface area (Å²) in [6.45, 7) is 4.38. The average Bonchev–Trinajstić information content (AvgIpc) is 2.29. The molecule has 0 radical (unpaired) electrons. The van der Waals surface area contributed by atoms with E-state index in [0.29, 0.717) is 18.7 Å². The normalized spacial score (nSPS) is 10.2. The van der Waals surface area contributed by atoms with E-state index in [1.54, 1.807) is 17.0 Å². The largest absolute Gasteiger partial charge is 0.395 e. The van der Waals surface area contributed by atoms with Crippen molar-refractivity contribution in [2.24, 2.45) is 5.73 Å². The van der Waals surface area contributed by atoms with Crippen molar-refractivity contribution in [1.29, 1.82) is 0 Å². The zero-order chi connectivity index (χ0) is 12.0. The van der Waals surface area contributed by atoms with Gasteiger partial charge in [-0.2, -0.15) is 0 Å². The van der Waals surface area contributed by atoms with Crippen molar-refractivity contribution in [2.45, 2.75) is 6.54 Å². The number of pyridine rings is 1. The molecular weight excluding hydrogens is 209 g/mol. The van der Waals surface area contributed by atoms with E-state index in [9.17, 15) is 4.39 Å². The summed E-state index contributed by atoms with van der Waals surface area (Å²) in [5.74, 6) is -0.225. The Morgan fingerprint density at radius 2 is 2.38 bits per heavy atom. The molecule has 16 heavy (non-hydrogen) atoms. The molecule has 0 aliphatic carbocycles. The molecule has 3 N–H and O–H groups in total. The molecule has 1 aromatic rings. The fourth-order valence-corrected chi connectivity index (χ4v) is 1.41. The van der Waals surface area contributed by atoms with Crippen molar-refractivity contribution in [3.8, 4) is 0 Å². The van der Waals surface area contributed by atoms with Crippen molar-refractivity contribution in [3.05, 3.63) is 36.3 Å². The number of aliphatic hydroxyl groups excluding tert-OH is 1. The number of halogens is 1. The lowest BCUT2D eigenvalue weighted by molar-refractivity contribution is 0.302. The fourth-order valence-electron chi connectivity index (χ4n) is 1.41. The lowest BCUT2D eigenvalue weighted by Gasteiger charge is -2.22. The van der Waals surface area contributed by atoms with E-state index in [1.165, 1.54) is 6.20 Å². The number of hydrogen-bond donors (Lipinski definition) is 2. The SMILES string of the molecule is C=CCN(CCO)c1nccc(CN)c1F. The van der Waals surface area contributed by atoms with Crippen LogP contribution >= 0.6 is 0 Å². The molecule has 88 valence electrons. The van der Waals surface area contributed by atoms with Gasteiger partial charge in [-0.25, -0.2) is 9.37 Å². The van der Waals surface area contributed by atoms with Gasteiger partial charge in [0.05, 0.1) is 6.61 Å². The minimum Gasteiger partial charge on any atom is -0.395 e. The van der Waals surface area contributed by atoms with Crippen molar-refractivity contribution in [3.63, 3.8) is 0 Å². The first-order valence-corrected chi connectivity index (χ1v) is 5.04. The van der Waals surface area contributed by atoms with Crippen LogP contribution in [0.1, 0.15) is 5.56 Å². The molecule has 0 aliphatic rings. The van der Waals surface area contributed by atoms with Crippen LogP contribution in [-0.2, 0) is 6.54 Å². The second-order valence-corrected chi connectivity index (χ2v) is 3.27. The minimum atomic E-state index is -0.430.